The number of hydrogen-bond acceptors (Lipinski definition) is 5. The second-order valence-electron chi connectivity index (χ2n) is 5.74. The average molecular weight is 307 g/mol. The SMILES string of the molecule is O=C(NC1CCN(C(=O)C2CC2)CC1)c1ccc([N+](=O)[O-])o1. The van der Waals surface area contributed by atoms with Gasteiger partial charge in [0.05, 0.1) is 6.07 Å². The number of nitrogens with zero attached hydrogens (tertiary/aromatic N) is 2. The van der Waals surface area contributed by atoms with Crippen molar-refractivity contribution in [2.75, 3.05) is 13.1 Å². The summed E-state index contributed by atoms with van der Waals surface area (Å²) < 4.78 is 4.87. The Morgan fingerprint density at radius 2 is 1.91 bits per heavy atom. The van der Waals surface area contributed by atoms with Crippen LogP contribution in [0.15, 0.2) is 16.5 Å². The Kier molecular flexibility index (Phi) is 3.82. The number of nitrogens with one attached hydrogen (secondary N) is 1. The molecule has 1 aliphatic carbocycles. The number of nitro groups is 1. The van der Waals surface area contributed by atoms with Gasteiger partial charge >= 0.3 is 5.88 Å². The molecule has 3 rings (SSSR count). The highest BCUT2D eigenvalue weighted by atomic mass is 16.6. The molecule has 0 unspecified atom stereocenters. The quantitative estimate of drug-likeness (QED) is 0.667. The molecule has 0 radical (unpaired) electrons. The van der Waals surface area contributed by atoms with Crippen LogP contribution in [0.3, 0.4) is 0 Å². The van der Waals surface area contributed by atoms with Crippen molar-refractivity contribution >= 4 is 17.7 Å². The predicted octanol–water partition coefficient (Wildman–Crippen LogP) is 1.32. The molecule has 0 aromatic carbocycles. The van der Waals surface area contributed by atoms with Crippen molar-refractivity contribution < 1.29 is 18.9 Å². The number of carbonyl (C=O) groups excluding carboxylic acids is 2. The topological polar surface area (TPSA) is 106 Å². The first-order chi connectivity index (χ1) is 10.5. The highest BCUT2D eigenvalue weighted by Crippen LogP contribution is 2.31. The van der Waals surface area contributed by atoms with Crippen LogP contribution in [0.25, 0.3) is 0 Å². The zero-order chi connectivity index (χ0) is 15.7. The van der Waals surface area contributed by atoms with Crippen molar-refractivity contribution in [1.82, 2.24) is 10.2 Å². The standard InChI is InChI=1S/C14H17N3O5/c18-13(11-3-4-12(22-11)17(20)21)15-10-5-7-16(8-6-10)14(19)9-1-2-9/h3-4,9-10H,1-2,5-8H2,(H,15,18). The smallest absolute Gasteiger partial charge is 0.395 e. The summed E-state index contributed by atoms with van der Waals surface area (Å²) in [7, 11) is 0. The number of carbonyl (C=O) groups is 2. The van der Waals surface area contributed by atoms with Gasteiger partial charge in [0.25, 0.3) is 5.91 Å². The third kappa shape index (κ3) is 3.10. The molecule has 8 heteroatoms. The Morgan fingerprint density at radius 3 is 2.45 bits per heavy atom. The van der Waals surface area contributed by atoms with Gasteiger partial charge in [0, 0.05) is 25.0 Å². The normalized spacial score (nSPS) is 19.0. The van der Waals surface area contributed by atoms with E-state index in [0.717, 1.165) is 18.9 Å². The van der Waals surface area contributed by atoms with E-state index in [2.05, 4.69) is 5.32 Å². The van der Waals surface area contributed by atoms with Crippen molar-refractivity contribution in [1.29, 1.82) is 0 Å². The van der Waals surface area contributed by atoms with Crippen LogP contribution in [-0.2, 0) is 4.79 Å². The first kappa shape index (κ1) is 14.6. The van der Waals surface area contributed by atoms with Crippen LogP contribution in [0.1, 0.15) is 36.2 Å². The first-order valence-electron chi connectivity index (χ1n) is 7.38. The molecule has 22 heavy (non-hydrogen) atoms. The van der Waals surface area contributed by atoms with Crippen LogP contribution < -0.4 is 5.32 Å². The number of amides is 2. The molecule has 1 saturated carbocycles. The van der Waals surface area contributed by atoms with Gasteiger partial charge in [-0.05, 0) is 31.7 Å². The maximum atomic E-state index is 12.0. The van der Waals surface area contributed by atoms with Crippen LogP contribution in [0.5, 0.6) is 0 Å². The summed E-state index contributed by atoms with van der Waals surface area (Å²) in [5.41, 5.74) is 0. The molecule has 1 aromatic heterocycles. The summed E-state index contributed by atoms with van der Waals surface area (Å²) in [4.78, 5) is 35.6. The van der Waals surface area contributed by atoms with Crippen molar-refractivity contribution in [3.05, 3.63) is 28.0 Å². The molecule has 1 aliphatic heterocycles. The fraction of sp³-hybridized carbons (Fsp3) is 0.571. The second kappa shape index (κ2) is 5.78. The van der Waals surface area contributed by atoms with Gasteiger partial charge in [-0.3, -0.25) is 19.7 Å². The summed E-state index contributed by atoms with van der Waals surface area (Å²) in [5, 5.41) is 13.3. The van der Waals surface area contributed by atoms with Crippen molar-refractivity contribution in [2.24, 2.45) is 5.92 Å². The van der Waals surface area contributed by atoms with E-state index < -0.39 is 16.7 Å². The Labute approximate surface area is 126 Å². The molecule has 0 atom stereocenters. The Morgan fingerprint density at radius 1 is 1.23 bits per heavy atom. The largest absolute Gasteiger partial charge is 0.433 e. The van der Waals surface area contributed by atoms with E-state index in [-0.39, 0.29) is 23.6 Å². The third-order valence-corrected chi connectivity index (χ3v) is 4.06. The number of rotatable bonds is 4. The maximum Gasteiger partial charge on any atom is 0.433 e. The van der Waals surface area contributed by atoms with Gasteiger partial charge in [0.15, 0.2) is 5.76 Å². The van der Waals surface area contributed by atoms with E-state index in [1.54, 1.807) is 0 Å². The zero-order valence-electron chi connectivity index (χ0n) is 12.0. The minimum absolute atomic E-state index is 0.0418. The minimum atomic E-state index is -0.682. The molecule has 8 nitrogen and oxygen atoms in total. The third-order valence-electron chi connectivity index (χ3n) is 4.06. The van der Waals surface area contributed by atoms with E-state index in [9.17, 15) is 19.7 Å². The molecule has 1 N–H and O–H groups in total. The van der Waals surface area contributed by atoms with Gasteiger partial charge in [0.1, 0.15) is 4.92 Å². The van der Waals surface area contributed by atoms with Crippen LogP contribution in [0, 0.1) is 16.0 Å². The van der Waals surface area contributed by atoms with E-state index in [1.165, 1.54) is 6.07 Å². The van der Waals surface area contributed by atoms with Crippen molar-refractivity contribution in [3.8, 4) is 0 Å². The van der Waals surface area contributed by atoms with Gasteiger partial charge in [-0.1, -0.05) is 0 Å². The first-order valence-corrected chi connectivity index (χ1v) is 7.38. The Balaban J connectivity index is 1.50. The Hall–Kier alpha value is -2.38. The van der Waals surface area contributed by atoms with E-state index >= 15 is 0 Å². The minimum Gasteiger partial charge on any atom is -0.395 e. The number of hydrogen-bond donors (Lipinski definition) is 1. The highest BCUT2D eigenvalue weighted by molar-refractivity contribution is 5.92. The molecule has 2 heterocycles. The second-order valence-corrected chi connectivity index (χ2v) is 5.74. The van der Waals surface area contributed by atoms with Crippen LogP contribution in [0.4, 0.5) is 5.88 Å². The molecule has 0 spiro atoms. The molecule has 118 valence electrons. The summed E-state index contributed by atoms with van der Waals surface area (Å²) >= 11 is 0. The summed E-state index contributed by atoms with van der Waals surface area (Å²) in [5.74, 6) is -0.528. The summed E-state index contributed by atoms with van der Waals surface area (Å²) in [6.45, 7) is 1.27. The van der Waals surface area contributed by atoms with Gasteiger partial charge in [-0.25, -0.2) is 0 Å². The average Bonchev–Trinajstić information content (AvgIpc) is 3.23. The van der Waals surface area contributed by atoms with Gasteiger partial charge in [0.2, 0.25) is 5.91 Å². The molecular weight excluding hydrogens is 290 g/mol. The van der Waals surface area contributed by atoms with E-state index in [0.29, 0.717) is 25.9 Å². The fourth-order valence-electron chi connectivity index (χ4n) is 2.64. The molecule has 1 saturated heterocycles. The zero-order valence-corrected chi connectivity index (χ0v) is 12.0. The maximum absolute atomic E-state index is 12.0. The number of piperidine rings is 1. The van der Waals surface area contributed by atoms with Crippen LogP contribution >= 0.6 is 0 Å². The summed E-state index contributed by atoms with van der Waals surface area (Å²) in [6.07, 6.45) is 3.36. The number of furan rings is 1. The lowest BCUT2D eigenvalue weighted by Gasteiger charge is -2.32. The monoisotopic (exact) mass is 307 g/mol. The lowest BCUT2D eigenvalue weighted by molar-refractivity contribution is -0.402. The van der Waals surface area contributed by atoms with Crippen molar-refractivity contribution in [2.45, 2.75) is 31.7 Å². The lowest BCUT2D eigenvalue weighted by atomic mass is 10.0. The van der Waals surface area contributed by atoms with Crippen LogP contribution in [-0.4, -0.2) is 40.8 Å². The van der Waals surface area contributed by atoms with Crippen LogP contribution in [0.2, 0.25) is 0 Å². The number of likely N-dealkylation sites (tertiary alicyclic amines) is 1. The fourth-order valence-corrected chi connectivity index (χ4v) is 2.64. The van der Waals surface area contributed by atoms with E-state index in [4.69, 9.17) is 4.42 Å². The summed E-state index contributed by atoms with van der Waals surface area (Å²) in [6, 6.07) is 2.41. The molecule has 0 bridgehead atoms. The molecule has 2 amide bonds. The van der Waals surface area contributed by atoms with E-state index in [1.807, 2.05) is 4.90 Å². The molecular formula is C14H17N3O5. The Bertz CT molecular complexity index is 599. The molecule has 2 fully saturated rings. The highest BCUT2D eigenvalue weighted by Gasteiger charge is 2.35. The molecule has 1 aromatic rings. The molecule has 2 aliphatic rings. The van der Waals surface area contributed by atoms with Gasteiger partial charge < -0.3 is 14.6 Å². The van der Waals surface area contributed by atoms with Crippen molar-refractivity contribution in [3.63, 3.8) is 0 Å². The predicted molar refractivity (Wildman–Crippen MR) is 75.2 cm³/mol. The van der Waals surface area contributed by atoms with Gasteiger partial charge in [-0.2, -0.15) is 0 Å². The van der Waals surface area contributed by atoms with Gasteiger partial charge in [-0.15, -0.1) is 0 Å². The lowest BCUT2D eigenvalue weighted by Crippen LogP contribution is -2.46.